The average molecular weight is 288 g/mol. The van der Waals surface area contributed by atoms with Crippen LogP contribution in [0.2, 0.25) is 0 Å². The number of aryl methyl sites for hydroxylation is 1. The van der Waals surface area contributed by atoms with Gasteiger partial charge in [0.05, 0.1) is 4.91 Å². The minimum absolute atomic E-state index is 0.597. The fourth-order valence-corrected chi connectivity index (χ4v) is 3.12. The van der Waals surface area contributed by atoms with E-state index in [9.17, 15) is 8.42 Å². The highest BCUT2D eigenvalue weighted by molar-refractivity contribution is 8.09. The number of benzene rings is 2. The molecule has 0 atom stereocenters. The van der Waals surface area contributed by atoms with Gasteiger partial charge < -0.3 is 0 Å². The Morgan fingerprint density at radius 1 is 1.05 bits per heavy atom. The van der Waals surface area contributed by atoms with Gasteiger partial charge in [-0.1, -0.05) is 59.8 Å². The smallest absolute Gasteiger partial charge is 0.175 e. The van der Waals surface area contributed by atoms with Crippen LogP contribution >= 0.6 is 11.8 Å². The number of hydrogen-bond acceptors (Lipinski definition) is 3. The standard InChI is InChI=1S/C15H12O2S2/c1-12-6-5-9-14(10-12)18-15(11-19(16)17)13-7-3-2-4-8-13/h2-10H,1H3. The van der Waals surface area contributed by atoms with Crippen molar-refractivity contribution in [2.75, 3.05) is 0 Å². The van der Waals surface area contributed by atoms with Gasteiger partial charge in [0.2, 0.25) is 0 Å². The van der Waals surface area contributed by atoms with E-state index in [0.29, 0.717) is 4.91 Å². The van der Waals surface area contributed by atoms with Gasteiger partial charge >= 0.3 is 0 Å². The molecule has 2 aromatic carbocycles. The average Bonchev–Trinajstić information content (AvgIpc) is 2.38. The number of rotatable bonds is 3. The van der Waals surface area contributed by atoms with Gasteiger partial charge in [0.25, 0.3) is 10.3 Å². The molecule has 0 aliphatic heterocycles. The first-order valence-corrected chi connectivity index (χ1v) is 7.57. The van der Waals surface area contributed by atoms with Gasteiger partial charge in [-0.2, -0.15) is 8.42 Å². The maximum Gasteiger partial charge on any atom is 0.261 e. The van der Waals surface area contributed by atoms with Gasteiger partial charge in [0.1, 0.15) is 0 Å². The first-order valence-electron chi connectivity index (χ1n) is 5.68. The molecule has 4 heteroatoms. The molecule has 2 aromatic rings. The van der Waals surface area contributed by atoms with Gasteiger partial charge in [0.15, 0.2) is 0 Å². The summed E-state index contributed by atoms with van der Waals surface area (Å²) in [5.74, 6) is 0. The third kappa shape index (κ3) is 4.14. The zero-order chi connectivity index (χ0) is 13.7. The Morgan fingerprint density at radius 2 is 1.79 bits per heavy atom. The van der Waals surface area contributed by atoms with Crippen molar-refractivity contribution in [3.8, 4) is 0 Å². The fraction of sp³-hybridized carbons (Fsp3) is 0.0667. The van der Waals surface area contributed by atoms with Crippen LogP contribution in [0, 0.1) is 6.92 Å². The van der Waals surface area contributed by atoms with E-state index in [0.717, 1.165) is 16.0 Å². The molecule has 0 fully saturated rings. The van der Waals surface area contributed by atoms with Crippen LogP contribution in [-0.2, 0) is 10.3 Å². The summed E-state index contributed by atoms with van der Waals surface area (Å²) >= 11 is 1.40. The van der Waals surface area contributed by atoms with Crippen molar-refractivity contribution in [3.63, 3.8) is 0 Å². The van der Waals surface area contributed by atoms with Crippen molar-refractivity contribution >= 4 is 32.0 Å². The van der Waals surface area contributed by atoms with Crippen LogP contribution in [0.25, 0.3) is 4.91 Å². The molecule has 96 valence electrons. The van der Waals surface area contributed by atoms with Gasteiger partial charge in [-0.15, -0.1) is 0 Å². The van der Waals surface area contributed by atoms with E-state index in [4.69, 9.17) is 0 Å². The molecule has 0 heterocycles. The second kappa shape index (κ2) is 6.43. The molecule has 2 rings (SSSR count). The van der Waals surface area contributed by atoms with Crippen LogP contribution in [0.1, 0.15) is 11.1 Å². The van der Waals surface area contributed by atoms with E-state index in [1.807, 2.05) is 61.5 Å². The highest BCUT2D eigenvalue weighted by Crippen LogP contribution is 2.32. The normalized spacial score (nSPS) is 9.74. The zero-order valence-electron chi connectivity index (χ0n) is 10.3. The lowest BCUT2D eigenvalue weighted by atomic mass is 10.2. The highest BCUT2D eigenvalue weighted by atomic mass is 32.2. The second-order valence-electron chi connectivity index (χ2n) is 3.95. The minimum atomic E-state index is -2.33. The van der Waals surface area contributed by atoms with Crippen molar-refractivity contribution in [2.45, 2.75) is 11.8 Å². The van der Waals surface area contributed by atoms with Crippen LogP contribution < -0.4 is 0 Å². The quantitative estimate of drug-likeness (QED) is 0.641. The predicted molar refractivity (Wildman–Crippen MR) is 80.8 cm³/mol. The molecular weight excluding hydrogens is 276 g/mol. The Kier molecular flexibility index (Phi) is 4.63. The molecule has 0 amide bonds. The lowest BCUT2D eigenvalue weighted by Crippen LogP contribution is -1.82. The minimum Gasteiger partial charge on any atom is -0.175 e. The van der Waals surface area contributed by atoms with E-state index in [1.54, 1.807) is 0 Å². The molecule has 0 unspecified atom stereocenters. The van der Waals surface area contributed by atoms with Crippen molar-refractivity contribution in [1.82, 2.24) is 0 Å². The Morgan fingerprint density at radius 3 is 2.42 bits per heavy atom. The molecule has 0 radical (unpaired) electrons. The zero-order valence-corrected chi connectivity index (χ0v) is 12.0. The monoisotopic (exact) mass is 288 g/mol. The van der Waals surface area contributed by atoms with Crippen molar-refractivity contribution in [1.29, 1.82) is 0 Å². The molecule has 19 heavy (non-hydrogen) atoms. The summed E-state index contributed by atoms with van der Waals surface area (Å²) in [6.07, 6.45) is 0. The lowest BCUT2D eigenvalue weighted by Gasteiger charge is -2.04. The first kappa shape index (κ1) is 13.7. The van der Waals surface area contributed by atoms with Gasteiger partial charge in [-0.25, -0.2) is 0 Å². The molecule has 0 N–H and O–H groups in total. The van der Waals surface area contributed by atoms with Crippen LogP contribution in [0.4, 0.5) is 0 Å². The summed E-state index contributed by atoms with van der Waals surface area (Å²) in [6.45, 7) is 2.01. The third-order valence-corrected chi connectivity index (χ3v) is 3.95. The summed E-state index contributed by atoms with van der Waals surface area (Å²) < 4.78 is 21.8. The van der Waals surface area contributed by atoms with Gasteiger partial charge in [-0.3, -0.25) is 0 Å². The van der Waals surface area contributed by atoms with E-state index >= 15 is 0 Å². The summed E-state index contributed by atoms with van der Waals surface area (Å²) in [7, 11) is -2.33. The second-order valence-corrected chi connectivity index (χ2v) is 5.71. The summed E-state index contributed by atoms with van der Waals surface area (Å²) in [5.41, 5.74) is 1.99. The molecule has 0 saturated carbocycles. The van der Waals surface area contributed by atoms with E-state index in [2.05, 4.69) is 5.02 Å². The molecule has 0 aliphatic rings. The van der Waals surface area contributed by atoms with Crippen LogP contribution in [-0.4, -0.2) is 13.4 Å². The molecule has 0 aromatic heterocycles. The molecular formula is C15H12O2S2. The Labute approximate surface area is 118 Å². The molecule has 0 aliphatic carbocycles. The predicted octanol–water partition coefficient (Wildman–Crippen LogP) is 3.41. The van der Waals surface area contributed by atoms with Crippen molar-refractivity contribution < 1.29 is 8.42 Å². The van der Waals surface area contributed by atoms with Crippen LogP contribution in [0.15, 0.2) is 59.5 Å². The summed E-state index contributed by atoms with van der Waals surface area (Å²) in [5, 5.41) is 2.46. The summed E-state index contributed by atoms with van der Waals surface area (Å²) in [6, 6.07) is 17.3. The third-order valence-electron chi connectivity index (χ3n) is 2.42. The maximum atomic E-state index is 10.9. The summed E-state index contributed by atoms with van der Waals surface area (Å²) in [4.78, 5) is 1.59. The number of hydrogen-bond donors (Lipinski definition) is 0. The molecule has 2 nitrogen and oxygen atoms in total. The van der Waals surface area contributed by atoms with Crippen molar-refractivity contribution in [3.05, 3.63) is 65.7 Å². The number of thioether (sulfide) groups is 1. The molecule has 0 saturated heterocycles. The first-order chi connectivity index (χ1) is 9.15. The molecule has 0 spiro atoms. The highest BCUT2D eigenvalue weighted by Gasteiger charge is 2.04. The van der Waals surface area contributed by atoms with E-state index < -0.39 is 10.3 Å². The fourth-order valence-electron chi connectivity index (χ4n) is 1.60. The van der Waals surface area contributed by atoms with E-state index in [-0.39, 0.29) is 0 Å². The molecule has 0 bridgehead atoms. The van der Waals surface area contributed by atoms with Crippen LogP contribution in [0.5, 0.6) is 0 Å². The largest absolute Gasteiger partial charge is 0.261 e. The van der Waals surface area contributed by atoms with E-state index in [1.165, 1.54) is 11.8 Å². The topological polar surface area (TPSA) is 34.1 Å². The Balaban J connectivity index is 2.45. The van der Waals surface area contributed by atoms with Crippen molar-refractivity contribution in [2.24, 2.45) is 0 Å². The SMILES string of the molecule is Cc1cccc(SC(=C=S(=O)=O)c2ccccc2)c1. The Hall–Kier alpha value is -1.74. The van der Waals surface area contributed by atoms with Gasteiger partial charge in [0, 0.05) is 9.92 Å². The lowest BCUT2D eigenvalue weighted by molar-refractivity contribution is 0.627. The van der Waals surface area contributed by atoms with Gasteiger partial charge in [-0.05, 0) is 24.6 Å². The Bertz CT molecular complexity index is 733. The van der Waals surface area contributed by atoms with Crippen LogP contribution in [0.3, 0.4) is 0 Å². The maximum absolute atomic E-state index is 10.9.